The lowest BCUT2D eigenvalue weighted by atomic mass is 9.96. The summed E-state index contributed by atoms with van der Waals surface area (Å²) < 4.78 is 47.6. The van der Waals surface area contributed by atoms with E-state index in [2.05, 4.69) is 30.7 Å². The number of nitrogens with one attached hydrogen (secondary N) is 2. The van der Waals surface area contributed by atoms with Crippen LogP contribution in [0.4, 0.5) is 18.9 Å². The van der Waals surface area contributed by atoms with Crippen molar-refractivity contribution >= 4 is 28.7 Å². The van der Waals surface area contributed by atoms with Gasteiger partial charge in [0, 0.05) is 16.8 Å². The first-order chi connectivity index (χ1) is 15.7. The maximum absolute atomic E-state index is 14.1. The molecule has 0 bridgehead atoms. The van der Waals surface area contributed by atoms with Crippen molar-refractivity contribution in [1.82, 2.24) is 25.4 Å². The predicted octanol–water partition coefficient (Wildman–Crippen LogP) is 3.55. The fourth-order valence-corrected chi connectivity index (χ4v) is 3.79. The minimum absolute atomic E-state index is 0.0777. The third-order valence-electron chi connectivity index (χ3n) is 5.28. The van der Waals surface area contributed by atoms with Gasteiger partial charge in [-0.3, -0.25) is 4.79 Å². The first-order valence-corrected chi connectivity index (χ1v) is 9.67. The Kier molecular flexibility index (Phi) is 4.67. The molecular weight excluding hydrogens is 441 g/mol. The minimum atomic E-state index is -4.89. The van der Waals surface area contributed by atoms with Gasteiger partial charge in [-0.25, -0.2) is 9.31 Å². The number of aliphatic hydroxyl groups is 1. The monoisotopic (exact) mass is 456 g/mol. The van der Waals surface area contributed by atoms with Crippen LogP contribution in [0.25, 0.3) is 22.8 Å². The summed E-state index contributed by atoms with van der Waals surface area (Å²) in [5.41, 5.74) is 0.656. The Bertz CT molecular complexity index is 1420. The summed E-state index contributed by atoms with van der Waals surface area (Å²) in [5, 5.41) is 26.6. The number of halogens is 3. The zero-order chi connectivity index (χ0) is 23.3. The molecule has 2 aromatic carbocycles. The Hall–Kier alpha value is -4.19. The van der Waals surface area contributed by atoms with Crippen molar-refractivity contribution < 1.29 is 27.7 Å². The van der Waals surface area contributed by atoms with E-state index in [0.717, 1.165) is 6.20 Å². The summed E-state index contributed by atoms with van der Waals surface area (Å²) in [6.07, 6.45) is -2.13. The number of nitrogens with zero attached hydrogens (tertiary/aromatic N) is 4. The Labute approximate surface area is 183 Å². The summed E-state index contributed by atoms with van der Waals surface area (Å²) in [6.45, 7) is 1.74. The largest absolute Gasteiger partial charge is 0.434 e. The molecule has 0 fully saturated rings. The Morgan fingerprint density at radius 3 is 2.79 bits per heavy atom. The van der Waals surface area contributed by atoms with Crippen LogP contribution < -0.4 is 10.6 Å². The maximum Gasteiger partial charge on any atom is 0.434 e. The number of benzene rings is 2. The molecule has 1 aliphatic rings. The van der Waals surface area contributed by atoms with Crippen molar-refractivity contribution in [2.45, 2.75) is 19.3 Å². The van der Waals surface area contributed by atoms with Gasteiger partial charge in [0.05, 0.1) is 17.4 Å². The molecule has 1 unspecified atom stereocenters. The summed E-state index contributed by atoms with van der Waals surface area (Å²) in [4.78, 5) is 12.8. The van der Waals surface area contributed by atoms with E-state index in [4.69, 9.17) is 0 Å². The molecule has 3 N–H and O–H groups in total. The molecule has 33 heavy (non-hydrogen) atoms. The molecule has 0 saturated heterocycles. The lowest BCUT2D eigenvalue weighted by Crippen LogP contribution is -2.23. The van der Waals surface area contributed by atoms with Crippen molar-refractivity contribution in [3.8, 4) is 5.69 Å². The number of alkyl halides is 3. The highest BCUT2D eigenvalue weighted by Gasteiger charge is 2.41. The van der Waals surface area contributed by atoms with Crippen LogP contribution in [0.2, 0.25) is 0 Å². The van der Waals surface area contributed by atoms with Crippen LogP contribution in [0.1, 0.15) is 39.0 Å². The summed E-state index contributed by atoms with van der Waals surface area (Å²) in [5.74, 6) is -0.998. The highest BCUT2D eigenvalue weighted by molar-refractivity contribution is 6.05. The van der Waals surface area contributed by atoms with E-state index in [-0.39, 0.29) is 11.4 Å². The Morgan fingerprint density at radius 2 is 2.00 bits per heavy atom. The normalized spacial score (nSPS) is 15.4. The average Bonchev–Trinajstić information content (AvgIpc) is 3.40. The van der Waals surface area contributed by atoms with E-state index in [1.165, 1.54) is 30.5 Å². The van der Waals surface area contributed by atoms with Crippen molar-refractivity contribution in [3.63, 3.8) is 0 Å². The van der Waals surface area contributed by atoms with Crippen molar-refractivity contribution in [2.75, 3.05) is 5.32 Å². The second-order valence-electron chi connectivity index (χ2n) is 7.37. The molecule has 0 aliphatic carbocycles. The molecule has 0 saturated carbocycles. The minimum Gasteiger partial charge on any atom is -0.369 e. The molecular formula is C21H15F3N6O3. The van der Waals surface area contributed by atoms with Gasteiger partial charge in [-0.1, -0.05) is 6.07 Å². The summed E-state index contributed by atoms with van der Waals surface area (Å²) in [6, 6.07) is 7.46. The molecule has 1 atom stereocenters. The van der Waals surface area contributed by atoms with Crippen LogP contribution in [0.15, 0.2) is 47.4 Å². The molecule has 12 heteroatoms. The van der Waals surface area contributed by atoms with Gasteiger partial charge < -0.3 is 15.7 Å². The molecule has 9 nitrogen and oxygen atoms in total. The number of rotatable bonds is 3. The number of anilines is 1. The van der Waals surface area contributed by atoms with Gasteiger partial charge >= 0.3 is 6.18 Å². The average molecular weight is 456 g/mol. The van der Waals surface area contributed by atoms with E-state index >= 15 is 0 Å². The zero-order valence-corrected chi connectivity index (χ0v) is 16.9. The summed E-state index contributed by atoms with van der Waals surface area (Å²) in [7, 11) is 0. The van der Waals surface area contributed by atoms with E-state index in [1.54, 1.807) is 19.1 Å². The van der Waals surface area contributed by atoms with Crippen LogP contribution in [-0.2, 0) is 6.18 Å². The van der Waals surface area contributed by atoms with Crippen LogP contribution in [0.5, 0.6) is 0 Å². The van der Waals surface area contributed by atoms with Crippen LogP contribution in [-0.4, -0.2) is 31.1 Å². The first-order valence-electron chi connectivity index (χ1n) is 9.67. The van der Waals surface area contributed by atoms with Crippen LogP contribution in [0, 0.1) is 6.92 Å². The molecule has 2 aromatic heterocycles. The molecule has 3 heterocycles. The standard InChI is InChI=1S/C21H15F3N6O3/c1-10-2-5-16(12-6-7-25-20(32)17(10)12)30-18(21(22,23)24)13(9-26-30)19(31)27-11-3-4-14-15(8-11)29-33-28-14/h2-9,20,25,32H,1H3,(H,27,31). The predicted molar refractivity (Wildman–Crippen MR) is 110 cm³/mol. The summed E-state index contributed by atoms with van der Waals surface area (Å²) >= 11 is 0. The van der Waals surface area contributed by atoms with Crippen molar-refractivity contribution in [3.05, 3.63) is 70.7 Å². The lowest BCUT2D eigenvalue weighted by molar-refractivity contribution is -0.143. The van der Waals surface area contributed by atoms with Crippen molar-refractivity contribution in [1.29, 1.82) is 0 Å². The number of aliphatic hydroxyl groups excluding tert-OH is 1. The second-order valence-corrected chi connectivity index (χ2v) is 7.37. The molecule has 1 amide bonds. The third-order valence-corrected chi connectivity index (χ3v) is 5.28. The smallest absolute Gasteiger partial charge is 0.369 e. The SMILES string of the molecule is Cc1ccc(-n2ncc(C(=O)Nc3ccc4nonc4c3)c2C(F)(F)F)c2c1C(O)NC=C2. The van der Waals surface area contributed by atoms with Gasteiger partial charge in [-0.05, 0) is 59.3 Å². The highest BCUT2D eigenvalue weighted by atomic mass is 19.4. The van der Waals surface area contributed by atoms with Gasteiger partial charge in [-0.15, -0.1) is 0 Å². The fraction of sp³-hybridized carbons (Fsp3) is 0.143. The number of aromatic nitrogens is 4. The molecule has 1 aliphatic heterocycles. The third kappa shape index (κ3) is 3.49. The van der Waals surface area contributed by atoms with E-state index in [9.17, 15) is 23.1 Å². The van der Waals surface area contributed by atoms with Gasteiger partial charge in [0.2, 0.25) is 0 Å². The van der Waals surface area contributed by atoms with E-state index in [0.29, 0.717) is 32.4 Å². The molecule has 168 valence electrons. The van der Waals surface area contributed by atoms with Gasteiger partial charge in [-0.2, -0.15) is 18.3 Å². The second kappa shape index (κ2) is 7.45. The number of hydrogen-bond donors (Lipinski definition) is 3. The van der Waals surface area contributed by atoms with Crippen LogP contribution >= 0.6 is 0 Å². The molecule has 4 aromatic rings. The van der Waals surface area contributed by atoms with Gasteiger partial charge in [0.25, 0.3) is 5.91 Å². The van der Waals surface area contributed by atoms with Gasteiger partial charge in [0.1, 0.15) is 11.0 Å². The van der Waals surface area contributed by atoms with E-state index < -0.39 is 29.6 Å². The Morgan fingerprint density at radius 1 is 1.21 bits per heavy atom. The number of fused-ring (bicyclic) bond motifs is 2. The molecule has 0 spiro atoms. The Balaban J connectivity index is 1.59. The van der Waals surface area contributed by atoms with Gasteiger partial charge in [0.15, 0.2) is 11.9 Å². The number of aryl methyl sites for hydroxylation is 1. The van der Waals surface area contributed by atoms with E-state index in [1.807, 2.05) is 0 Å². The molecule has 0 radical (unpaired) electrons. The van der Waals surface area contributed by atoms with Crippen LogP contribution in [0.3, 0.4) is 0 Å². The zero-order valence-electron chi connectivity index (χ0n) is 16.9. The fourth-order valence-electron chi connectivity index (χ4n) is 3.79. The van der Waals surface area contributed by atoms with Crippen molar-refractivity contribution in [2.24, 2.45) is 0 Å². The number of hydrogen-bond acceptors (Lipinski definition) is 7. The topological polar surface area (TPSA) is 118 Å². The number of carbonyl (C=O) groups excluding carboxylic acids is 1. The maximum atomic E-state index is 14.1. The molecule has 5 rings (SSSR count). The first kappa shape index (κ1) is 20.7. The lowest BCUT2D eigenvalue weighted by Gasteiger charge is -2.24. The highest BCUT2D eigenvalue weighted by Crippen LogP contribution is 2.37. The number of carbonyl (C=O) groups is 1. The quantitative estimate of drug-likeness (QED) is 0.432. The number of amides is 1.